The van der Waals surface area contributed by atoms with Crippen LogP contribution in [-0.4, -0.2) is 48.4 Å². The van der Waals surface area contributed by atoms with Crippen molar-refractivity contribution in [1.29, 1.82) is 0 Å². The molecule has 2 rings (SSSR count). The molecule has 1 unspecified atom stereocenters. The topological polar surface area (TPSA) is 61.4 Å². The van der Waals surface area contributed by atoms with Gasteiger partial charge in [-0.05, 0) is 13.3 Å². The molecule has 0 bridgehead atoms. The molecule has 2 N–H and O–H groups in total. The van der Waals surface area contributed by atoms with Gasteiger partial charge in [0.05, 0.1) is 0 Å². The van der Waals surface area contributed by atoms with E-state index in [9.17, 15) is 9.59 Å². The van der Waals surface area contributed by atoms with Crippen molar-refractivity contribution in [2.24, 2.45) is 0 Å². The summed E-state index contributed by atoms with van der Waals surface area (Å²) in [6.45, 7) is 4.45. The fraction of sp³-hybridized carbons (Fsp3) is 0.800. The van der Waals surface area contributed by atoms with Gasteiger partial charge in [0.15, 0.2) is 0 Å². The van der Waals surface area contributed by atoms with Crippen molar-refractivity contribution in [3.63, 3.8) is 0 Å². The van der Waals surface area contributed by atoms with Crippen LogP contribution >= 0.6 is 0 Å². The van der Waals surface area contributed by atoms with Crippen molar-refractivity contribution in [2.75, 3.05) is 19.6 Å². The first-order valence-electron chi connectivity index (χ1n) is 5.49. The smallest absolute Gasteiger partial charge is 0.245 e. The zero-order chi connectivity index (χ0) is 10.8. The SMILES string of the molecule is CC1CNCCN1C(=O)[C@H]1CCC(=O)N1. The normalized spacial score (nSPS) is 31.5. The van der Waals surface area contributed by atoms with Gasteiger partial charge in [-0.25, -0.2) is 0 Å². The third-order valence-electron chi connectivity index (χ3n) is 3.08. The molecule has 2 amide bonds. The van der Waals surface area contributed by atoms with E-state index in [1.807, 2.05) is 11.8 Å². The molecule has 0 aromatic rings. The summed E-state index contributed by atoms with van der Waals surface area (Å²) in [5.74, 6) is 0.0750. The van der Waals surface area contributed by atoms with Crippen LogP contribution in [0.15, 0.2) is 0 Å². The summed E-state index contributed by atoms with van der Waals surface area (Å²) in [6.07, 6.45) is 1.13. The predicted molar refractivity (Wildman–Crippen MR) is 55.2 cm³/mol. The van der Waals surface area contributed by atoms with Crippen LogP contribution in [0.1, 0.15) is 19.8 Å². The van der Waals surface area contributed by atoms with Crippen LogP contribution in [0.5, 0.6) is 0 Å². The molecule has 15 heavy (non-hydrogen) atoms. The average molecular weight is 211 g/mol. The van der Waals surface area contributed by atoms with Crippen LogP contribution in [0.25, 0.3) is 0 Å². The average Bonchev–Trinajstić information content (AvgIpc) is 2.65. The van der Waals surface area contributed by atoms with Gasteiger partial charge in [0, 0.05) is 32.1 Å². The summed E-state index contributed by atoms with van der Waals surface area (Å²) in [4.78, 5) is 24.9. The summed E-state index contributed by atoms with van der Waals surface area (Å²) in [5, 5.41) is 5.96. The number of carbonyl (C=O) groups excluding carboxylic acids is 2. The first-order valence-corrected chi connectivity index (χ1v) is 5.49. The molecule has 5 heteroatoms. The lowest BCUT2D eigenvalue weighted by Crippen LogP contribution is -2.56. The van der Waals surface area contributed by atoms with Gasteiger partial charge in [-0.2, -0.15) is 0 Å². The molecule has 2 atom stereocenters. The molecule has 0 aromatic carbocycles. The van der Waals surface area contributed by atoms with Crippen LogP contribution in [0, 0.1) is 0 Å². The minimum atomic E-state index is -0.280. The fourth-order valence-electron chi connectivity index (χ4n) is 2.17. The Bertz CT molecular complexity index is 280. The second-order valence-corrected chi connectivity index (χ2v) is 4.24. The van der Waals surface area contributed by atoms with Gasteiger partial charge >= 0.3 is 0 Å². The number of piperazine rings is 1. The van der Waals surface area contributed by atoms with Crippen molar-refractivity contribution in [2.45, 2.75) is 31.8 Å². The maximum Gasteiger partial charge on any atom is 0.245 e. The summed E-state index contributed by atoms with van der Waals surface area (Å²) in [6, 6.07) is -0.0539. The second kappa shape index (κ2) is 4.18. The Balaban J connectivity index is 1.97. The first kappa shape index (κ1) is 10.4. The van der Waals surface area contributed by atoms with Gasteiger partial charge in [-0.1, -0.05) is 0 Å². The van der Waals surface area contributed by atoms with Crippen molar-refractivity contribution < 1.29 is 9.59 Å². The Labute approximate surface area is 89.2 Å². The number of nitrogens with one attached hydrogen (secondary N) is 2. The number of amides is 2. The summed E-state index contributed by atoms with van der Waals surface area (Å²) in [7, 11) is 0. The maximum absolute atomic E-state index is 12.0. The van der Waals surface area contributed by atoms with Crippen molar-refractivity contribution in [1.82, 2.24) is 15.5 Å². The van der Waals surface area contributed by atoms with Gasteiger partial charge in [0.1, 0.15) is 6.04 Å². The molecule has 2 saturated heterocycles. The zero-order valence-corrected chi connectivity index (χ0v) is 8.95. The Kier molecular flexibility index (Phi) is 2.90. The monoisotopic (exact) mass is 211 g/mol. The van der Waals surface area contributed by atoms with E-state index in [0.717, 1.165) is 19.6 Å². The van der Waals surface area contributed by atoms with Gasteiger partial charge in [-0.15, -0.1) is 0 Å². The summed E-state index contributed by atoms with van der Waals surface area (Å²) in [5.41, 5.74) is 0. The molecule has 5 nitrogen and oxygen atoms in total. The van der Waals surface area contributed by atoms with E-state index in [-0.39, 0.29) is 23.9 Å². The highest BCUT2D eigenvalue weighted by molar-refractivity contribution is 5.91. The number of carbonyl (C=O) groups is 2. The Hall–Kier alpha value is -1.10. The standard InChI is InChI=1S/C10H17N3O2/c1-7-6-11-4-5-13(7)10(15)8-2-3-9(14)12-8/h7-8,11H,2-6H2,1H3,(H,12,14)/t7?,8-/m1/s1. The molecular formula is C10H17N3O2. The molecule has 2 heterocycles. The largest absolute Gasteiger partial charge is 0.344 e. The molecule has 0 spiro atoms. The molecule has 2 aliphatic rings. The van der Waals surface area contributed by atoms with Gasteiger partial charge in [0.2, 0.25) is 11.8 Å². The lowest BCUT2D eigenvalue weighted by molar-refractivity contribution is -0.137. The molecule has 0 saturated carbocycles. The second-order valence-electron chi connectivity index (χ2n) is 4.24. The van der Waals surface area contributed by atoms with E-state index in [2.05, 4.69) is 10.6 Å². The maximum atomic E-state index is 12.0. The van der Waals surface area contributed by atoms with E-state index in [4.69, 9.17) is 0 Å². The molecule has 0 aliphatic carbocycles. The lowest BCUT2D eigenvalue weighted by atomic mass is 10.1. The zero-order valence-electron chi connectivity index (χ0n) is 8.95. The third kappa shape index (κ3) is 2.12. The van der Waals surface area contributed by atoms with Crippen LogP contribution in [0.3, 0.4) is 0 Å². The molecule has 2 fully saturated rings. The van der Waals surface area contributed by atoms with Crippen molar-refractivity contribution >= 4 is 11.8 Å². The molecule has 0 radical (unpaired) electrons. The molecular weight excluding hydrogens is 194 g/mol. The van der Waals surface area contributed by atoms with Gasteiger partial charge < -0.3 is 15.5 Å². The highest BCUT2D eigenvalue weighted by Gasteiger charge is 2.33. The van der Waals surface area contributed by atoms with Crippen LogP contribution in [-0.2, 0) is 9.59 Å². The van der Waals surface area contributed by atoms with Crippen LogP contribution < -0.4 is 10.6 Å². The minimum Gasteiger partial charge on any atom is -0.344 e. The molecule has 2 aliphatic heterocycles. The van der Waals surface area contributed by atoms with Crippen molar-refractivity contribution in [3.05, 3.63) is 0 Å². The van der Waals surface area contributed by atoms with Gasteiger partial charge in [0.25, 0.3) is 0 Å². The third-order valence-corrected chi connectivity index (χ3v) is 3.08. The molecule has 0 aromatic heterocycles. The molecule has 84 valence electrons. The number of hydrogen-bond acceptors (Lipinski definition) is 3. The Morgan fingerprint density at radius 3 is 2.93 bits per heavy atom. The van der Waals surface area contributed by atoms with E-state index in [1.54, 1.807) is 0 Å². The number of rotatable bonds is 1. The fourth-order valence-corrected chi connectivity index (χ4v) is 2.17. The van der Waals surface area contributed by atoms with E-state index >= 15 is 0 Å². The number of hydrogen-bond donors (Lipinski definition) is 2. The van der Waals surface area contributed by atoms with E-state index in [0.29, 0.717) is 12.8 Å². The summed E-state index contributed by atoms with van der Waals surface area (Å²) < 4.78 is 0. The Morgan fingerprint density at radius 2 is 2.33 bits per heavy atom. The quantitative estimate of drug-likeness (QED) is 0.590. The highest BCUT2D eigenvalue weighted by atomic mass is 16.2. The van der Waals surface area contributed by atoms with Crippen LogP contribution in [0.4, 0.5) is 0 Å². The predicted octanol–water partition coefficient (Wildman–Crippen LogP) is -0.915. The first-order chi connectivity index (χ1) is 7.18. The van der Waals surface area contributed by atoms with Crippen molar-refractivity contribution in [3.8, 4) is 0 Å². The number of nitrogens with zero attached hydrogens (tertiary/aromatic N) is 1. The van der Waals surface area contributed by atoms with E-state index < -0.39 is 0 Å². The lowest BCUT2D eigenvalue weighted by Gasteiger charge is -2.35. The van der Waals surface area contributed by atoms with Crippen LogP contribution in [0.2, 0.25) is 0 Å². The highest BCUT2D eigenvalue weighted by Crippen LogP contribution is 2.12. The van der Waals surface area contributed by atoms with E-state index in [1.165, 1.54) is 0 Å². The Morgan fingerprint density at radius 1 is 1.53 bits per heavy atom. The minimum absolute atomic E-state index is 0.00358. The van der Waals surface area contributed by atoms with Gasteiger partial charge in [-0.3, -0.25) is 9.59 Å². The summed E-state index contributed by atoms with van der Waals surface area (Å²) >= 11 is 0.